The molecule has 150 valence electrons. The molecule has 5 nitrogen and oxygen atoms in total. The van der Waals surface area contributed by atoms with Crippen LogP contribution < -0.4 is 10.1 Å². The van der Waals surface area contributed by atoms with Gasteiger partial charge in [-0.05, 0) is 61.9 Å². The lowest BCUT2D eigenvalue weighted by Gasteiger charge is -2.19. The van der Waals surface area contributed by atoms with Crippen LogP contribution in [0, 0.1) is 5.92 Å². The molecule has 0 unspecified atom stereocenters. The molecule has 0 bridgehead atoms. The largest absolute Gasteiger partial charge is 0.495 e. The van der Waals surface area contributed by atoms with E-state index in [1.54, 1.807) is 25.1 Å². The third-order valence-electron chi connectivity index (χ3n) is 5.04. The summed E-state index contributed by atoms with van der Waals surface area (Å²) >= 11 is 7.46. The standard InChI is InChI=1S/C21H24ClNO4S/c1-4-13-5-8-18-14(9-13)10-19(28-18)21(25)27-12(2)20(24)23-16-11-15(22)6-7-17(16)26-3/h6-7,10-13H,4-5,8-9H2,1-3H3,(H,23,24)/t12-,13+/m0/s1. The van der Waals surface area contributed by atoms with Crippen molar-refractivity contribution in [2.24, 2.45) is 5.92 Å². The number of esters is 1. The maximum absolute atomic E-state index is 12.5. The SMILES string of the molecule is CC[C@@H]1CCc2sc(C(=O)O[C@@H](C)C(=O)Nc3cc(Cl)ccc3OC)cc2C1. The molecule has 1 N–H and O–H groups in total. The van der Waals surface area contributed by atoms with Crippen LogP contribution in [-0.4, -0.2) is 25.1 Å². The van der Waals surface area contributed by atoms with Gasteiger partial charge in [0.1, 0.15) is 10.6 Å². The van der Waals surface area contributed by atoms with Gasteiger partial charge >= 0.3 is 5.97 Å². The zero-order valence-electron chi connectivity index (χ0n) is 16.2. The van der Waals surface area contributed by atoms with Crippen molar-refractivity contribution in [3.63, 3.8) is 0 Å². The maximum Gasteiger partial charge on any atom is 0.349 e. The number of methoxy groups -OCH3 is 1. The molecule has 0 aliphatic heterocycles. The monoisotopic (exact) mass is 421 g/mol. The van der Waals surface area contributed by atoms with Crippen molar-refractivity contribution in [3.05, 3.63) is 44.6 Å². The van der Waals surface area contributed by atoms with Crippen molar-refractivity contribution < 1.29 is 19.1 Å². The van der Waals surface area contributed by atoms with E-state index in [9.17, 15) is 9.59 Å². The minimum absolute atomic E-state index is 0.431. The number of anilines is 1. The molecule has 1 aliphatic rings. The maximum atomic E-state index is 12.5. The number of fused-ring (bicyclic) bond motifs is 1. The van der Waals surface area contributed by atoms with Crippen LogP contribution in [0.5, 0.6) is 5.75 Å². The Kier molecular flexibility index (Phi) is 6.62. The van der Waals surface area contributed by atoms with Gasteiger partial charge in [-0.15, -0.1) is 11.3 Å². The van der Waals surface area contributed by atoms with Gasteiger partial charge in [-0.3, -0.25) is 4.79 Å². The second kappa shape index (κ2) is 8.97. The smallest absolute Gasteiger partial charge is 0.349 e. The Labute approximate surface area is 174 Å². The molecule has 0 saturated carbocycles. The highest BCUT2D eigenvalue weighted by molar-refractivity contribution is 7.14. The van der Waals surface area contributed by atoms with E-state index in [1.165, 1.54) is 35.3 Å². The average Bonchev–Trinajstić information content (AvgIpc) is 3.11. The van der Waals surface area contributed by atoms with Crippen LogP contribution in [0.2, 0.25) is 5.02 Å². The Bertz CT molecular complexity index is 879. The number of halogens is 1. The number of nitrogens with one attached hydrogen (secondary N) is 1. The van der Waals surface area contributed by atoms with Gasteiger partial charge in [0.15, 0.2) is 6.10 Å². The fourth-order valence-electron chi connectivity index (χ4n) is 3.33. The van der Waals surface area contributed by atoms with E-state index < -0.39 is 18.0 Å². The van der Waals surface area contributed by atoms with E-state index in [-0.39, 0.29) is 0 Å². The summed E-state index contributed by atoms with van der Waals surface area (Å²) in [4.78, 5) is 26.8. The number of thiophene rings is 1. The molecule has 1 aromatic carbocycles. The summed E-state index contributed by atoms with van der Waals surface area (Å²) in [5.41, 5.74) is 1.68. The van der Waals surface area contributed by atoms with Crippen LogP contribution in [0.3, 0.4) is 0 Å². The Hall–Kier alpha value is -2.05. The van der Waals surface area contributed by atoms with Crippen molar-refractivity contribution in [3.8, 4) is 5.75 Å². The summed E-state index contributed by atoms with van der Waals surface area (Å²) in [6.45, 7) is 3.75. The van der Waals surface area contributed by atoms with E-state index in [0.29, 0.717) is 27.3 Å². The summed E-state index contributed by atoms with van der Waals surface area (Å²) in [5.74, 6) is 0.255. The molecule has 1 amide bonds. The van der Waals surface area contributed by atoms with Gasteiger partial charge in [0.2, 0.25) is 0 Å². The predicted molar refractivity (Wildman–Crippen MR) is 112 cm³/mol. The van der Waals surface area contributed by atoms with Gasteiger partial charge < -0.3 is 14.8 Å². The molecule has 0 saturated heterocycles. The molecular weight excluding hydrogens is 398 g/mol. The lowest BCUT2D eigenvalue weighted by atomic mass is 9.87. The van der Waals surface area contributed by atoms with E-state index in [1.807, 2.05) is 6.07 Å². The number of hydrogen-bond acceptors (Lipinski definition) is 5. The Morgan fingerprint density at radius 2 is 2.14 bits per heavy atom. The molecule has 1 heterocycles. The fraction of sp³-hybridized carbons (Fsp3) is 0.429. The van der Waals surface area contributed by atoms with E-state index >= 15 is 0 Å². The number of rotatable bonds is 6. The summed E-state index contributed by atoms with van der Waals surface area (Å²) in [6, 6.07) is 6.84. The fourth-order valence-corrected chi connectivity index (χ4v) is 4.60. The van der Waals surface area contributed by atoms with Gasteiger partial charge in [0, 0.05) is 9.90 Å². The minimum Gasteiger partial charge on any atom is -0.495 e. The van der Waals surface area contributed by atoms with Gasteiger partial charge in [-0.1, -0.05) is 24.9 Å². The van der Waals surface area contributed by atoms with Crippen LogP contribution >= 0.6 is 22.9 Å². The predicted octanol–water partition coefficient (Wildman–Crippen LogP) is 5.11. The molecule has 28 heavy (non-hydrogen) atoms. The minimum atomic E-state index is -0.946. The van der Waals surface area contributed by atoms with E-state index in [2.05, 4.69) is 12.2 Å². The first-order valence-electron chi connectivity index (χ1n) is 9.38. The van der Waals surface area contributed by atoms with Crippen LogP contribution in [0.4, 0.5) is 5.69 Å². The molecular formula is C21H24ClNO4S. The van der Waals surface area contributed by atoms with Crippen LogP contribution in [0.25, 0.3) is 0 Å². The first kappa shape index (κ1) is 20.7. The number of aryl methyl sites for hydroxylation is 1. The zero-order valence-corrected chi connectivity index (χ0v) is 17.8. The summed E-state index contributed by atoms with van der Waals surface area (Å²) in [6.07, 6.45) is 3.40. The number of carbonyl (C=O) groups is 2. The Balaban J connectivity index is 1.64. The molecule has 1 aromatic heterocycles. The molecule has 1 aliphatic carbocycles. The summed E-state index contributed by atoms with van der Waals surface area (Å²) in [5, 5.41) is 3.17. The number of ether oxygens (including phenoxy) is 2. The molecule has 3 rings (SSSR count). The van der Waals surface area contributed by atoms with Crippen LogP contribution in [0.15, 0.2) is 24.3 Å². The van der Waals surface area contributed by atoms with Crippen LogP contribution in [0.1, 0.15) is 46.8 Å². The van der Waals surface area contributed by atoms with Gasteiger partial charge in [-0.2, -0.15) is 0 Å². The van der Waals surface area contributed by atoms with Crippen molar-refractivity contribution in [2.45, 2.75) is 45.6 Å². The molecule has 0 spiro atoms. The summed E-state index contributed by atoms with van der Waals surface area (Å²) in [7, 11) is 1.50. The van der Waals surface area contributed by atoms with Crippen molar-refractivity contribution in [1.82, 2.24) is 0 Å². The van der Waals surface area contributed by atoms with Crippen molar-refractivity contribution in [2.75, 3.05) is 12.4 Å². The highest BCUT2D eigenvalue weighted by Crippen LogP contribution is 2.34. The topological polar surface area (TPSA) is 64.6 Å². The Morgan fingerprint density at radius 1 is 1.36 bits per heavy atom. The quantitative estimate of drug-likeness (QED) is 0.658. The highest BCUT2D eigenvalue weighted by Gasteiger charge is 2.25. The molecule has 2 aromatic rings. The van der Waals surface area contributed by atoms with E-state index in [4.69, 9.17) is 21.1 Å². The third kappa shape index (κ3) is 4.67. The Morgan fingerprint density at radius 3 is 2.86 bits per heavy atom. The van der Waals surface area contributed by atoms with Crippen molar-refractivity contribution >= 4 is 40.5 Å². The lowest BCUT2D eigenvalue weighted by molar-refractivity contribution is -0.123. The second-order valence-electron chi connectivity index (χ2n) is 6.96. The van der Waals surface area contributed by atoms with Gasteiger partial charge in [0.25, 0.3) is 5.91 Å². The average molecular weight is 422 g/mol. The molecule has 7 heteroatoms. The number of amides is 1. The molecule has 2 atom stereocenters. The molecule has 0 fully saturated rings. The van der Waals surface area contributed by atoms with Crippen LogP contribution in [-0.2, 0) is 22.4 Å². The third-order valence-corrected chi connectivity index (χ3v) is 6.49. The number of hydrogen-bond donors (Lipinski definition) is 1. The normalized spacial score (nSPS) is 16.8. The lowest BCUT2D eigenvalue weighted by Crippen LogP contribution is -2.30. The highest BCUT2D eigenvalue weighted by atomic mass is 35.5. The first-order valence-corrected chi connectivity index (χ1v) is 10.6. The number of carbonyl (C=O) groups excluding carboxylic acids is 2. The van der Waals surface area contributed by atoms with Gasteiger partial charge in [0.05, 0.1) is 12.8 Å². The van der Waals surface area contributed by atoms with E-state index in [0.717, 1.165) is 19.3 Å². The second-order valence-corrected chi connectivity index (χ2v) is 8.53. The first-order chi connectivity index (χ1) is 13.4. The zero-order chi connectivity index (χ0) is 20.3. The molecule has 0 radical (unpaired) electrons. The summed E-state index contributed by atoms with van der Waals surface area (Å²) < 4.78 is 10.6. The van der Waals surface area contributed by atoms with Gasteiger partial charge in [-0.25, -0.2) is 4.79 Å². The van der Waals surface area contributed by atoms with Crippen molar-refractivity contribution in [1.29, 1.82) is 0 Å². The number of benzene rings is 1.